The lowest BCUT2D eigenvalue weighted by Gasteiger charge is -2.11. The Morgan fingerprint density at radius 1 is 1.36 bits per heavy atom. The van der Waals surface area contributed by atoms with Gasteiger partial charge in [-0.3, -0.25) is 0 Å². The van der Waals surface area contributed by atoms with E-state index in [0.29, 0.717) is 0 Å². The summed E-state index contributed by atoms with van der Waals surface area (Å²) in [6.45, 7) is 0. The van der Waals surface area contributed by atoms with Crippen molar-refractivity contribution in [1.29, 1.82) is 5.26 Å². The lowest BCUT2D eigenvalue weighted by molar-refractivity contribution is -0.137. The minimum absolute atomic E-state index is 0.232. The minimum atomic E-state index is -4.67. The molecule has 74 valence electrons. The fourth-order valence-electron chi connectivity index (χ4n) is 0.991. The second kappa shape index (κ2) is 3.39. The molecule has 0 aliphatic heterocycles. The Morgan fingerprint density at radius 2 is 1.93 bits per heavy atom. The summed E-state index contributed by atoms with van der Waals surface area (Å²) >= 11 is 5.34. The van der Waals surface area contributed by atoms with Crippen molar-refractivity contribution in [3.05, 3.63) is 28.3 Å². The zero-order valence-corrected chi connectivity index (χ0v) is 7.45. The lowest BCUT2D eigenvalue weighted by Crippen LogP contribution is -2.10. The summed E-state index contributed by atoms with van der Waals surface area (Å²) in [6.07, 6.45) is -4.67. The van der Waals surface area contributed by atoms with Crippen LogP contribution in [0.15, 0.2) is 12.1 Å². The molecule has 0 fully saturated rings. The molecule has 1 aromatic rings. The quantitative estimate of drug-likeness (QED) is 0.684. The van der Waals surface area contributed by atoms with E-state index in [1.54, 1.807) is 0 Å². The molecule has 1 rings (SSSR count). The predicted octanol–water partition coefficient (Wildman–Crippen LogP) is 2.81. The van der Waals surface area contributed by atoms with Gasteiger partial charge in [0.05, 0.1) is 21.8 Å². The number of nitrogens with two attached hydrogens (primary N) is 1. The number of benzene rings is 1. The smallest absolute Gasteiger partial charge is 0.398 e. The van der Waals surface area contributed by atoms with Crippen LogP contribution in [-0.2, 0) is 6.18 Å². The Kier molecular flexibility index (Phi) is 2.58. The summed E-state index contributed by atoms with van der Waals surface area (Å²) < 4.78 is 37.2. The van der Waals surface area contributed by atoms with Gasteiger partial charge in [0.25, 0.3) is 0 Å². The monoisotopic (exact) mass is 220 g/mol. The van der Waals surface area contributed by atoms with Gasteiger partial charge in [-0.05, 0) is 12.1 Å². The number of nitrogen functional groups attached to an aromatic ring is 1. The maximum Gasteiger partial charge on any atom is 0.419 e. The van der Waals surface area contributed by atoms with E-state index in [2.05, 4.69) is 0 Å². The van der Waals surface area contributed by atoms with Crippen LogP contribution in [0.3, 0.4) is 0 Å². The first-order chi connectivity index (χ1) is 6.38. The van der Waals surface area contributed by atoms with Crippen molar-refractivity contribution in [1.82, 2.24) is 0 Å². The number of halogens is 4. The van der Waals surface area contributed by atoms with Gasteiger partial charge in [-0.2, -0.15) is 18.4 Å². The minimum Gasteiger partial charge on any atom is -0.398 e. The first-order valence-corrected chi connectivity index (χ1v) is 3.81. The molecule has 14 heavy (non-hydrogen) atoms. The van der Waals surface area contributed by atoms with Crippen molar-refractivity contribution < 1.29 is 13.2 Å². The number of nitriles is 1. The van der Waals surface area contributed by atoms with E-state index in [-0.39, 0.29) is 5.69 Å². The predicted molar refractivity (Wildman–Crippen MR) is 45.6 cm³/mol. The molecule has 2 nitrogen and oxygen atoms in total. The molecule has 1 aromatic carbocycles. The highest BCUT2D eigenvalue weighted by atomic mass is 35.5. The third kappa shape index (κ3) is 1.75. The Morgan fingerprint density at radius 3 is 2.29 bits per heavy atom. The van der Waals surface area contributed by atoms with Crippen molar-refractivity contribution in [2.24, 2.45) is 0 Å². The van der Waals surface area contributed by atoms with Crippen molar-refractivity contribution in [2.75, 3.05) is 5.73 Å². The maximum absolute atomic E-state index is 12.4. The van der Waals surface area contributed by atoms with Crippen LogP contribution in [0.5, 0.6) is 0 Å². The third-order valence-corrected chi connectivity index (χ3v) is 1.90. The lowest BCUT2D eigenvalue weighted by atomic mass is 10.1. The van der Waals surface area contributed by atoms with E-state index in [4.69, 9.17) is 22.6 Å². The standard InChI is InChI=1S/C8H4ClF3N2/c9-5-1-2-6(14)4(3-13)7(5)8(10,11)12/h1-2H,14H2. The van der Waals surface area contributed by atoms with E-state index >= 15 is 0 Å². The van der Waals surface area contributed by atoms with Crippen LogP contribution in [0.25, 0.3) is 0 Å². The largest absolute Gasteiger partial charge is 0.419 e. The second-order valence-electron chi connectivity index (χ2n) is 2.50. The molecule has 2 N–H and O–H groups in total. The molecule has 0 spiro atoms. The van der Waals surface area contributed by atoms with Crippen molar-refractivity contribution >= 4 is 17.3 Å². The molecule has 0 aliphatic carbocycles. The van der Waals surface area contributed by atoms with Gasteiger partial charge >= 0.3 is 6.18 Å². The van der Waals surface area contributed by atoms with Crippen LogP contribution < -0.4 is 5.73 Å². The summed E-state index contributed by atoms with van der Waals surface area (Å²) in [6, 6.07) is 3.56. The van der Waals surface area contributed by atoms with Crippen LogP contribution in [0.1, 0.15) is 11.1 Å². The van der Waals surface area contributed by atoms with Crippen molar-refractivity contribution in [3.63, 3.8) is 0 Å². The van der Waals surface area contributed by atoms with Gasteiger partial charge in [0.2, 0.25) is 0 Å². The number of hydrogen-bond acceptors (Lipinski definition) is 2. The molecule has 0 atom stereocenters. The molecule has 0 bridgehead atoms. The average molecular weight is 221 g/mol. The van der Waals surface area contributed by atoms with Crippen LogP contribution in [-0.4, -0.2) is 0 Å². The van der Waals surface area contributed by atoms with E-state index in [0.717, 1.165) is 12.1 Å². The molecule has 0 heterocycles. The molecule has 0 radical (unpaired) electrons. The van der Waals surface area contributed by atoms with Gasteiger partial charge in [0.1, 0.15) is 6.07 Å². The Hall–Kier alpha value is -1.41. The first kappa shape index (κ1) is 10.7. The second-order valence-corrected chi connectivity index (χ2v) is 2.90. The SMILES string of the molecule is N#Cc1c(N)ccc(Cl)c1C(F)(F)F. The third-order valence-electron chi connectivity index (χ3n) is 1.58. The molecule has 0 saturated carbocycles. The topological polar surface area (TPSA) is 49.8 Å². The molecular formula is C8H4ClF3N2. The summed E-state index contributed by atoms with van der Waals surface area (Å²) in [4.78, 5) is 0. The number of anilines is 1. The van der Waals surface area contributed by atoms with Crippen LogP contribution in [0.2, 0.25) is 5.02 Å². The average Bonchev–Trinajstić information content (AvgIpc) is 2.06. The Balaban J connectivity index is 3.56. The van der Waals surface area contributed by atoms with Gasteiger partial charge in [0, 0.05) is 0 Å². The van der Waals surface area contributed by atoms with Gasteiger partial charge in [-0.1, -0.05) is 11.6 Å². The molecule has 6 heteroatoms. The highest BCUT2D eigenvalue weighted by Gasteiger charge is 2.37. The summed E-state index contributed by atoms with van der Waals surface area (Å²) in [5.41, 5.74) is 3.17. The van der Waals surface area contributed by atoms with E-state index in [9.17, 15) is 13.2 Å². The van der Waals surface area contributed by atoms with Crippen LogP contribution in [0.4, 0.5) is 18.9 Å². The number of alkyl halides is 3. The van der Waals surface area contributed by atoms with E-state index in [1.807, 2.05) is 0 Å². The normalized spacial score (nSPS) is 11.1. The van der Waals surface area contributed by atoms with Gasteiger partial charge in [-0.15, -0.1) is 0 Å². The highest BCUT2D eigenvalue weighted by molar-refractivity contribution is 6.31. The van der Waals surface area contributed by atoms with Gasteiger partial charge in [-0.25, -0.2) is 0 Å². The molecular weight excluding hydrogens is 217 g/mol. The highest BCUT2D eigenvalue weighted by Crippen LogP contribution is 2.38. The van der Waals surface area contributed by atoms with Crippen molar-refractivity contribution in [2.45, 2.75) is 6.18 Å². The molecule has 0 aliphatic rings. The fraction of sp³-hybridized carbons (Fsp3) is 0.125. The summed E-state index contributed by atoms with van der Waals surface area (Å²) in [5, 5.41) is 7.97. The first-order valence-electron chi connectivity index (χ1n) is 3.43. The van der Waals surface area contributed by atoms with E-state index < -0.39 is 22.3 Å². The number of nitrogens with zero attached hydrogens (tertiary/aromatic N) is 1. The Labute approximate surface area is 82.7 Å². The van der Waals surface area contributed by atoms with E-state index in [1.165, 1.54) is 6.07 Å². The van der Waals surface area contributed by atoms with Crippen molar-refractivity contribution in [3.8, 4) is 6.07 Å². The Bertz CT molecular complexity index is 406. The molecule has 0 unspecified atom stereocenters. The number of rotatable bonds is 0. The van der Waals surface area contributed by atoms with Gasteiger partial charge < -0.3 is 5.73 Å². The zero-order chi connectivity index (χ0) is 10.9. The van der Waals surface area contributed by atoms with Crippen LogP contribution >= 0.6 is 11.6 Å². The zero-order valence-electron chi connectivity index (χ0n) is 6.69. The fourth-order valence-corrected chi connectivity index (χ4v) is 1.26. The van der Waals surface area contributed by atoms with Gasteiger partial charge in [0.15, 0.2) is 0 Å². The maximum atomic E-state index is 12.4. The molecule has 0 aromatic heterocycles. The van der Waals surface area contributed by atoms with Crippen LogP contribution in [0, 0.1) is 11.3 Å². The molecule has 0 amide bonds. The molecule has 0 saturated heterocycles. The summed E-state index contributed by atoms with van der Waals surface area (Å²) in [5.74, 6) is 0. The summed E-state index contributed by atoms with van der Waals surface area (Å²) in [7, 11) is 0. The number of hydrogen-bond donors (Lipinski definition) is 1.